The summed E-state index contributed by atoms with van der Waals surface area (Å²) in [5.41, 5.74) is 5.54. The summed E-state index contributed by atoms with van der Waals surface area (Å²) in [5.74, 6) is 0. The average Bonchev–Trinajstić information content (AvgIpc) is 2.93. The van der Waals surface area contributed by atoms with Crippen molar-refractivity contribution in [2.75, 3.05) is 7.05 Å². The molecule has 1 N–H and O–H groups in total. The van der Waals surface area contributed by atoms with Crippen molar-refractivity contribution in [3.05, 3.63) is 63.9 Å². The normalized spacial score (nSPS) is 15.1. The van der Waals surface area contributed by atoms with E-state index < -0.39 is 0 Å². The molecule has 3 heteroatoms. The number of aromatic nitrogens is 1. The number of likely N-dealkylation sites (N-methyl/N-ethyl adjacent to an activating group) is 1. The first-order valence-electron chi connectivity index (χ1n) is 7.15. The van der Waals surface area contributed by atoms with Gasteiger partial charge < -0.3 is 5.32 Å². The Hall–Kier alpha value is -1.38. The molecule has 0 spiro atoms. The van der Waals surface area contributed by atoms with Gasteiger partial charge in [0.15, 0.2) is 0 Å². The van der Waals surface area contributed by atoms with Crippen molar-refractivity contribution < 1.29 is 0 Å². The van der Waals surface area contributed by atoms with E-state index in [0.29, 0.717) is 0 Å². The van der Waals surface area contributed by atoms with Crippen molar-refractivity contribution in [3.63, 3.8) is 0 Å². The number of nitrogens with zero attached hydrogens (tertiary/aromatic N) is 1. The maximum atomic E-state index is 6.26. The highest BCUT2D eigenvalue weighted by Gasteiger charge is 2.16. The minimum Gasteiger partial charge on any atom is -0.313 e. The number of benzene rings is 1. The largest absolute Gasteiger partial charge is 0.313 e. The third-order valence-corrected chi connectivity index (χ3v) is 4.45. The quantitative estimate of drug-likeness (QED) is 0.926. The Labute approximate surface area is 125 Å². The van der Waals surface area contributed by atoms with Crippen molar-refractivity contribution in [1.29, 1.82) is 0 Å². The molecule has 0 bridgehead atoms. The van der Waals surface area contributed by atoms with Crippen LogP contribution in [0.3, 0.4) is 0 Å². The zero-order chi connectivity index (χ0) is 13.9. The standard InChI is InChI=1S/C17H19ClN2/c1-19-17(15-7-8-20-11-16(15)18)10-12-5-6-13-3-2-4-14(13)9-12/h5-9,11,17,19H,2-4,10H2,1H3. The number of halogens is 1. The van der Waals surface area contributed by atoms with Gasteiger partial charge in [0.25, 0.3) is 0 Å². The molecule has 3 rings (SSSR count). The molecular formula is C17H19ClN2. The van der Waals surface area contributed by atoms with Gasteiger partial charge in [0.2, 0.25) is 0 Å². The fraction of sp³-hybridized carbons (Fsp3) is 0.353. The average molecular weight is 287 g/mol. The molecular weight excluding hydrogens is 268 g/mol. The van der Waals surface area contributed by atoms with Gasteiger partial charge in [-0.25, -0.2) is 0 Å². The van der Waals surface area contributed by atoms with Crippen LogP contribution in [0.5, 0.6) is 0 Å². The molecule has 1 heterocycles. The van der Waals surface area contributed by atoms with Crippen LogP contribution in [0.15, 0.2) is 36.7 Å². The summed E-state index contributed by atoms with van der Waals surface area (Å²) >= 11 is 6.26. The molecule has 1 aromatic carbocycles. The van der Waals surface area contributed by atoms with Crippen LogP contribution in [0.2, 0.25) is 5.02 Å². The zero-order valence-corrected chi connectivity index (χ0v) is 12.5. The predicted molar refractivity (Wildman–Crippen MR) is 83.2 cm³/mol. The van der Waals surface area contributed by atoms with Crippen molar-refractivity contribution in [3.8, 4) is 0 Å². The fourth-order valence-corrected chi connectivity index (χ4v) is 3.27. The smallest absolute Gasteiger partial charge is 0.0637 e. The number of hydrogen-bond donors (Lipinski definition) is 1. The summed E-state index contributed by atoms with van der Waals surface area (Å²) < 4.78 is 0. The number of rotatable bonds is 4. The van der Waals surface area contributed by atoms with Crippen molar-refractivity contribution in [1.82, 2.24) is 10.3 Å². The highest BCUT2D eigenvalue weighted by Crippen LogP contribution is 2.27. The van der Waals surface area contributed by atoms with Gasteiger partial charge in [0, 0.05) is 18.4 Å². The molecule has 0 saturated carbocycles. The van der Waals surface area contributed by atoms with Crippen LogP contribution >= 0.6 is 11.6 Å². The van der Waals surface area contributed by atoms with Gasteiger partial charge >= 0.3 is 0 Å². The van der Waals surface area contributed by atoms with Crippen LogP contribution in [0.4, 0.5) is 0 Å². The highest BCUT2D eigenvalue weighted by molar-refractivity contribution is 6.31. The van der Waals surface area contributed by atoms with Gasteiger partial charge in [-0.3, -0.25) is 4.98 Å². The molecule has 0 fully saturated rings. The van der Waals surface area contributed by atoms with Gasteiger partial charge in [-0.2, -0.15) is 0 Å². The fourth-order valence-electron chi connectivity index (χ4n) is 3.02. The van der Waals surface area contributed by atoms with Crippen molar-refractivity contribution in [2.24, 2.45) is 0 Å². The Morgan fingerprint density at radius 1 is 1.25 bits per heavy atom. The van der Waals surface area contributed by atoms with Crippen LogP contribution in [0.1, 0.15) is 34.7 Å². The van der Waals surface area contributed by atoms with Crippen LogP contribution in [-0.4, -0.2) is 12.0 Å². The number of hydrogen-bond acceptors (Lipinski definition) is 2. The first kappa shape index (κ1) is 13.6. The Balaban J connectivity index is 1.83. The van der Waals surface area contributed by atoms with E-state index >= 15 is 0 Å². The Kier molecular flexibility index (Phi) is 4.04. The summed E-state index contributed by atoms with van der Waals surface area (Å²) in [6.07, 6.45) is 8.22. The molecule has 0 saturated heterocycles. The monoisotopic (exact) mass is 286 g/mol. The molecule has 0 aliphatic heterocycles. The summed E-state index contributed by atoms with van der Waals surface area (Å²) in [4.78, 5) is 4.06. The lowest BCUT2D eigenvalue weighted by Gasteiger charge is -2.18. The summed E-state index contributed by atoms with van der Waals surface area (Å²) in [5, 5.41) is 4.09. The molecule has 0 amide bonds. The van der Waals surface area contributed by atoms with E-state index in [2.05, 4.69) is 28.5 Å². The molecule has 1 atom stereocenters. The predicted octanol–water partition coefficient (Wildman–Crippen LogP) is 3.73. The van der Waals surface area contributed by atoms with Gasteiger partial charge in [-0.15, -0.1) is 0 Å². The van der Waals surface area contributed by atoms with Crippen LogP contribution in [-0.2, 0) is 19.3 Å². The molecule has 2 aromatic rings. The summed E-state index contributed by atoms with van der Waals surface area (Å²) in [7, 11) is 1.98. The Morgan fingerprint density at radius 2 is 2.10 bits per heavy atom. The van der Waals surface area contributed by atoms with E-state index in [1.807, 2.05) is 13.1 Å². The van der Waals surface area contributed by atoms with E-state index in [-0.39, 0.29) is 6.04 Å². The van der Waals surface area contributed by atoms with E-state index in [0.717, 1.165) is 17.0 Å². The number of aryl methyl sites for hydroxylation is 2. The van der Waals surface area contributed by atoms with E-state index in [1.54, 1.807) is 12.4 Å². The molecule has 0 radical (unpaired) electrons. The first-order valence-corrected chi connectivity index (χ1v) is 7.53. The van der Waals surface area contributed by atoms with Crippen LogP contribution in [0, 0.1) is 0 Å². The second kappa shape index (κ2) is 5.94. The summed E-state index contributed by atoms with van der Waals surface area (Å²) in [6.45, 7) is 0. The minimum atomic E-state index is 0.227. The van der Waals surface area contributed by atoms with E-state index in [4.69, 9.17) is 11.6 Å². The number of fused-ring (bicyclic) bond motifs is 1. The molecule has 104 valence electrons. The Morgan fingerprint density at radius 3 is 2.90 bits per heavy atom. The van der Waals surface area contributed by atoms with Crippen LogP contribution < -0.4 is 5.32 Å². The maximum Gasteiger partial charge on any atom is 0.0637 e. The molecule has 1 aliphatic rings. The lowest BCUT2D eigenvalue weighted by Crippen LogP contribution is -2.19. The topological polar surface area (TPSA) is 24.9 Å². The molecule has 20 heavy (non-hydrogen) atoms. The molecule has 1 aliphatic carbocycles. The lowest BCUT2D eigenvalue weighted by molar-refractivity contribution is 0.591. The van der Waals surface area contributed by atoms with Crippen LogP contribution in [0.25, 0.3) is 0 Å². The molecule has 1 unspecified atom stereocenters. The summed E-state index contributed by atoms with van der Waals surface area (Å²) in [6, 6.07) is 9.13. The lowest BCUT2D eigenvalue weighted by atomic mass is 9.97. The minimum absolute atomic E-state index is 0.227. The van der Waals surface area contributed by atoms with Gasteiger partial charge in [0.1, 0.15) is 0 Å². The maximum absolute atomic E-state index is 6.26. The SMILES string of the molecule is CNC(Cc1ccc2c(c1)CCC2)c1ccncc1Cl. The van der Waals surface area contributed by atoms with Crippen molar-refractivity contribution >= 4 is 11.6 Å². The molecule has 2 nitrogen and oxygen atoms in total. The van der Waals surface area contributed by atoms with E-state index in [9.17, 15) is 0 Å². The first-order chi connectivity index (χ1) is 9.78. The van der Waals surface area contributed by atoms with Crippen molar-refractivity contribution in [2.45, 2.75) is 31.7 Å². The third-order valence-electron chi connectivity index (χ3n) is 4.13. The van der Waals surface area contributed by atoms with E-state index in [1.165, 1.54) is 36.0 Å². The van der Waals surface area contributed by atoms with Gasteiger partial charge in [-0.1, -0.05) is 29.8 Å². The molecule has 1 aromatic heterocycles. The van der Waals surface area contributed by atoms with Gasteiger partial charge in [0.05, 0.1) is 5.02 Å². The van der Waals surface area contributed by atoms with Gasteiger partial charge in [-0.05, 0) is 61.1 Å². The highest BCUT2D eigenvalue weighted by atomic mass is 35.5. The third kappa shape index (κ3) is 2.72. The second-order valence-corrected chi connectivity index (χ2v) is 5.81. The number of pyridine rings is 1. The second-order valence-electron chi connectivity index (χ2n) is 5.40. The zero-order valence-electron chi connectivity index (χ0n) is 11.7. The Bertz CT molecular complexity index is 610. The number of nitrogens with one attached hydrogen (secondary N) is 1.